The molecule has 0 spiro atoms. The fourth-order valence-corrected chi connectivity index (χ4v) is 3.59. The van der Waals surface area contributed by atoms with Crippen LogP contribution in [0, 0.1) is 13.8 Å². The van der Waals surface area contributed by atoms with Gasteiger partial charge in [-0.2, -0.15) is 0 Å². The van der Waals surface area contributed by atoms with Crippen LogP contribution < -0.4 is 10.6 Å². The first-order chi connectivity index (χ1) is 13.5. The summed E-state index contributed by atoms with van der Waals surface area (Å²) < 4.78 is 1.98. The smallest absolute Gasteiger partial charge is 0.234 e. The number of hydrogen-bond acceptors (Lipinski definition) is 4. The summed E-state index contributed by atoms with van der Waals surface area (Å²) in [4.78, 5) is 28.1. The van der Waals surface area contributed by atoms with Crippen LogP contribution >= 0.6 is 11.8 Å². The fraction of sp³-hybridized carbons (Fsp3) is 0.190. The number of rotatable bonds is 6. The number of amides is 2. The highest BCUT2D eigenvalue weighted by Gasteiger charge is 2.12. The molecule has 28 heavy (non-hydrogen) atoms. The number of aromatic nitrogens is 2. The van der Waals surface area contributed by atoms with Crippen LogP contribution in [0.2, 0.25) is 0 Å². The summed E-state index contributed by atoms with van der Waals surface area (Å²) in [5, 5.41) is 6.43. The van der Waals surface area contributed by atoms with E-state index in [0.717, 1.165) is 22.0 Å². The van der Waals surface area contributed by atoms with Crippen molar-refractivity contribution in [2.45, 2.75) is 25.9 Å². The van der Waals surface area contributed by atoms with Gasteiger partial charge in [-0.3, -0.25) is 14.2 Å². The first-order valence-electron chi connectivity index (χ1n) is 8.85. The maximum atomic E-state index is 12.5. The molecule has 6 nitrogen and oxygen atoms in total. The summed E-state index contributed by atoms with van der Waals surface area (Å²) >= 11 is 1.38. The number of aryl methyl sites for hydroxylation is 1. The predicted molar refractivity (Wildman–Crippen MR) is 113 cm³/mol. The molecule has 0 aliphatic rings. The summed E-state index contributed by atoms with van der Waals surface area (Å²) in [5.41, 5.74) is 4.36. The van der Waals surface area contributed by atoms with Crippen LogP contribution in [0.25, 0.3) is 5.69 Å². The monoisotopic (exact) mass is 394 g/mol. The molecule has 1 aromatic heterocycles. The van der Waals surface area contributed by atoms with Crippen molar-refractivity contribution in [3.05, 3.63) is 66.0 Å². The van der Waals surface area contributed by atoms with Crippen molar-refractivity contribution in [1.29, 1.82) is 0 Å². The molecule has 0 saturated heterocycles. The SMILES string of the molecule is CC(=O)Nc1cccc(NC(=O)CSc2nccn2-c2ccccc2C)c1C. The Kier molecular flexibility index (Phi) is 6.16. The highest BCUT2D eigenvalue weighted by Crippen LogP contribution is 2.25. The largest absolute Gasteiger partial charge is 0.326 e. The minimum absolute atomic E-state index is 0.132. The summed E-state index contributed by atoms with van der Waals surface area (Å²) in [6, 6.07) is 13.5. The number of nitrogens with zero attached hydrogens (tertiary/aromatic N) is 2. The molecule has 7 heteroatoms. The van der Waals surface area contributed by atoms with E-state index >= 15 is 0 Å². The van der Waals surface area contributed by atoms with Gasteiger partial charge in [-0.15, -0.1) is 0 Å². The number of carbonyl (C=O) groups is 2. The maximum Gasteiger partial charge on any atom is 0.234 e. The Morgan fingerprint density at radius 1 is 1.04 bits per heavy atom. The molecule has 1 heterocycles. The third-order valence-electron chi connectivity index (χ3n) is 4.23. The molecular weight excluding hydrogens is 372 g/mol. The van der Waals surface area contributed by atoms with Crippen LogP contribution in [0.1, 0.15) is 18.1 Å². The van der Waals surface area contributed by atoms with Crippen LogP contribution in [-0.4, -0.2) is 27.1 Å². The second kappa shape index (κ2) is 8.75. The number of carbonyl (C=O) groups excluding carboxylic acids is 2. The molecule has 0 radical (unpaired) electrons. The number of imidazole rings is 1. The lowest BCUT2D eigenvalue weighted by molar-refractivity contribution is -0.114. The van der Waals surface area contributed by atoms with Gasteiger partial charge in [-0.05, 0) is 43.2 Å². The Balaban J connectivity index is 1.67. The van der Waals surface area contributed by atoms with Crippen molar-refractivity contribution in [3.8, 4) is 5.69 Å². The summed E-state index contributed by atoms with van der Waals surface area (Å²) in [6.45, 7) is 5.36. The predicted octanol–water partition coefficient (Wildman–Crippen LogP) is 4.18. The Morgan fingerprint density at radius 2 is 1.75 bits per heavy atom. The molecule has 2 N–H and O–H groups in total. The van der Waals surface area contributed by atoms with Crippen molar-refractivity contribution >= 4 is 35.0 Å². The van der Waals surface area contributed by atoms with Crippen LogP contribution in [-0.2, 0) is 9.59 Å². The zero-order valence-electron chi connectivity index (χ0n) is 16.0. The van der Waals surface area contributed by atoms with Gasteiger partial charge >= 0.3 is 0 Å². The van der Waals surface area contributed by atoms with E-state index in [-0.39, 0.29) is 17.6 Å². The number of para-hydroxylation sites is 1. The molecule has 2 amide bonds. The average molecular weight is 395 g/mol. The standard InChI is InChI=1S/C21H22N4O2S/c1-14-7-4-5-10-19(14)25-12-11-22-21(25)28-13-20(27)24-18-9-6-8-17(15(18)2)23-16(3)26/h4-12H,13H2,1-3H3,(H,23,26)(H,24,27). The molecule has 0 bridgehead atoms. The van der Waals surface area contributed by atoms with Crippen molar-refractivity contribution in [2.24, 2.45) is 0 Å². The molecule has 0 fully saturated rings. The van der Waals surface area contributed by atoms with Gasteiger partial charge in [0.2, 0.25) is 11.8 Å². The van der Waals surface area contributed by atoms with Gasteiger partial charge in [-0.1, -0.05) is 36.0 Å². The number of anilines is 2. The quantitative estimate of drug-likeness (QED) is 0.615. The summed E-state index contributed by atoms with van der Waals surface area (Å²) in [6.07, 6.45) is 3.62. The van der Waals surface area contributed by atoms with Crippen LogP contribution in [0.5, 0.6) is 0 Å². The third kappa shape index (κ3) is 4.61. The summed E-state index contributed by atoms with van der Waals surface area (Å²) in [7, 11) is 0. The van der Waals surface area contributed by atoms with Gasteiger partial charge < -0.3 is 10.6 Å². The van der Waals surface area contributed by atoms with Gasteiger partial charge in [0.15, 0.2) is 5.16 Å². The third-order valence-corrected chi connectivity index (χ3v) is 5.20. The van der Waals surface area contributed by atoms with Crippen molar-refractivity contribution in [2.75, 3.05) is 16.4 Å². The lowest BCUT2D eigenvalue weighted by Gasteiger charge is -2.13. The molecule has 0 unspecified atom stereocenters. The Hall–Kier alpha value is -3.06. The van der Waals surface area contributed by atoms with Crippen LogP contribution in [0.15, 0.2) is 60.0 Å². The lowest BCUT2D eigenvalue weighted by Crippen LogP contribution is -2.16. The van der Waals surface area contributed by atoms with E-state index in [1.807, 2.05) is 54.9 Å². The van der Waals surface area contributed by atoms with E-state index in [9.17, 15) is 9.59 Å². The number of hydrogen-bond donors (Lipinski definition) is 2. The van der Waals surface area contributed by atoms with Crippen molar-refractivity contribution < 1.29 is 9.59 Å². The van der Waals surface area contributed by atoms with E-state index in [0.29, 0.717) is 11.4 Å². The van der Waals surface area contributed by atoms with Gasteiger partial charge in [0.05, 0.1) is 11.4 Å². The zero-order chi connectivity index (χ0) is 20.1. The highest BCUT2D eigenvalue weighted by atomic mass is 32.2. The molecule has 0 atom stereocenters. The van der Waals surface area contributed by atoms with E-state index in [4.69, 9.17) is 0 Å². The van der Waals surface area contributed by atoms with Gasteiger partial charge in [0.25, 0.3) is 0 Å². The van der Waals surface area contributed by atoms with Crippen LogP contribution in [0.3, 0.4) is 0 Å². The molecule has 144 valence electrons. The molecular formula is C21H22N4O2S. The minimum atomic E-state index is -0.148. The van der Waals surface area contributed by atoms with Crippen LogP contribution in [0.4, 0.5) is 11.4 Å². The first kappa shape index (κ1) is 19.7. The summed E-state index contributed by atoms with van der Waals surface area (Å²) in [5.74, 6) is -0.0511. The van der Waals surface area contributed by atoms with E-state index in [2.05, 4.69) is 15.6 Å². The lowest BCUT2D eigenvalue weighted by atomic mass is 10.1. The van der Waals surface area contributed by atoms with Gasteiger partial charge in [-0.25, -0.2) is 4.98 Å². The number of nitrogens with one attached hydrogen (secondary N) is 2. The topological polar surface area (TPSA) is 76.0 Å². The molecule has 0 saturated carbocycles. The van der Waals surface area contributed by atoms with E-state index in [1.54, 1.807) is 18.3 Å². The normalized spacial score (nSPS) is 10.5. The maximum absolute atomic E-state index is 12.5. The van der Waals surface area contributed by atoms with E-state index in [1.165, 1.54) is 18.7 Å². The molecule has 2 aromatic carbocycles. The second-order valence-electron chi connectivity index (χ2n) is 6.36. The Labute approximate surface area is 168 Å². The number of benzene rings is 2. The number of thioether (sulfide) groups is 1. The Morgan fingerprint density at radius 3 is 2.46 bits per heavy atom. The fourth-order valence-electron chi connectivity index (χ4n) is 2.83. The Bertz CT molecular complexity index is 1010. The average Bonchev–Trinajstić information content (AvgIpc) is 3.12. The van der Waals surface area contributed by atoms with Crippen molar-refractivity contribution in [1.82, 2.24) is 9.55 Å². The first-order valence-corrected chi connectivity index (χ1v) is 9.83. The zero-order valence-corrected chi connectivity index (χ0v) is 16.8. The molecule has 3 rings (SSSR count). The van der Waals surface area contributed by atoms with Gasteiger partial charge in [0.1, 0.15) is 0 Å². The minimum Gasteiger partial charge on any atom is -0.326 e. The molecule has 0 aliphatic carbocycles. The second-order valence-corrected chi connectivity index (χ2v) is 7.30. The highest BCUT2D eigenvalue weighted by molar-refractivity contribution is 7.99. The molecule has 0 aliphatic heterocycles. The van der Waals surface area contributed by atoms with Crippen molar-refractivity contribution in [3.63, 3.8) is 0 Å². The molecule has 3 aromatic rings. The van der Waals surface area contributed by atoms with E-state index < -0.39 is 0 Å². The van der Waals surface area contributed by atoms with Gasteiger partial charge in [0, 0.05) is 30.7 Å².